The molecule has 1 aromatic carbocycles. The Labute approximate surface area is 112 Å². The first-order valence-electron chi connectivity index (χ1n) is 7.21. The average molecular weight is 245 g/mol. The molecule has 0 aromatic heterocycles. The Morgan fingerprint density at radius 3 is 2.44 bits per heavy atom. The fraction of sp³-hybridized carbons (Fsp3) is 0.647. The van der Waals surface area contributed by atoms with Gasteiger partial charge in [-0.3, -0.25) is 0 Å². The van der Waals surface area contributed by atoms with Gasteiger partial charge in [0.2, 0.25) is 0 Å². The summed E-state index contributed by atoms with van der Waals surface area (Å²) in [6, 6.07) is 9.82. The minimum atomic E-state index is 0.451. The summed E-state index contributed by atoms with van der Waals surface area (Å²) in [5.41, 5.74) is 3.33. The molecule has 100 valence electrons. The van der Waals surface area contributed by atoms with E-state index in [1.807, 2.05) is 0 Å². The Kier molecular flexibility index (Phi) is 3.82. The SMILES string of the molecule is Cc1ccccc1C(C)NC1CC(C)(C)CC1C. The van der Waals surface area contributed by atoms with Gasteiger partial charge in [-0.25, -0.2) is 0 Å². The van der Waals surface area contributed by atoms with E-state index in [1.54, 1.807) is 0 Å². The summed E-state index contributed by atoms with van der Waals surface area (Å²) in [6.07, 6.45) is 2.63. The first-order valence-corrected chi connectivity index (χ1v) is 7.21. The Balaban J connectivity index is 2.04. The molecule has 1 heteroatoms. The van der Waals surface area contributed by atoms with E-state index in [-0.39, 0.29) is 0 Å². The van der Waals surface area contributed by atoms with Crippen LogP contribution >= 0.6 is 0 Å². The van der Waals surface area contributed by atoms with Crippen LogP contribution in [0.15, 0.2) is 24.3 Å². The summed E-state index contributed by atoms with van der Waals surface area (Å²) in [5.74, 6) is 0.784. The van der Waals surface area contributed by atoms with Crippen LogP contribution < -0.4 is 5.32 Å². The highest BCUT2D eigenvalue weighted by Crippen LogP contribution is 2.41. The molecule has 3 atom stereocenters. The molecule has 0 aliphatic heterocycles. The number of hydrogen-bond donors (Lipinski definition) is 1. The second-order valence-corrected chi connectivity index (χ2v) is 6.90. The van der Waals surface area contributed by atoms with Gasteiger partial charge in [-0.2, -0.15) is 0 Å². The molecule has 0 spiro atoms. The summed E-state index contributed by atoms with van der Waals surface area (Å²) < 4.78 is 0. The Hall–Kier alpha value is -0.820. The molecule has 0 heterocycles. The van der Waals surface area contributed by atoms with Gasteiger partial charge in [0.25, 0.3) is 0 Å². The molecule has 18 heavy (non-hydrogen) atoms. The number of aryl methyl sites for hydroxylation is 1. The van der Waals surface area contributed by atoms with Crippen molar-refractivity contribution < 1.29 is 0 Å². The van der Waals surface area contributed by atoms with Crippen LogP contribution in [0.3, 0.4) is 0 Å². The van der Waals surface area contributed by atoms with Crippen molar-refractivity contribution >= 4 is 0 Å². The second kappa shape index (κ2) is 5.05. The third-order valence-electron chi connectivity index (χ3n) is 4.45. The van der Waals surface area contributed by atoms with Crippen molar-refractivity contribution in [2.24, 2.45) is 11.3 Å². The molecule has 3 unspecified atom stereocenters. The lowest BCUT2D eigenvalue weighted by Crippen LogP contribution is -2.34. The standard InChI is InChI=1S/C17H27N/c1-12-8-6-7-9-15(12)14(3)18-16-11-17(4,5)10-13(16)2/h6-9,13-14,16,18H,10-11H2,1-5H3. The zero-order chi connectivity index (χ0) is 13.3. The molecule has 1 aliphatic rings. The monoisotopic (exact) mass is 245 g/mol. The van der Waals surface area contributed by atoms with Crippen LogP contribution in [0.25, 0.3) is 0 Å². The van der Waals surface area contributed by atoms with Gasteiger partial charge in [0, 0.05) is 12.1 Å². The third-order valence-corrected chi connectivity index (χ3v) is 4.45. The van der Waals surface area contributed by atoms with Crippen LogP contribution in [0.4, 0.5) is 0 Å². The Morgan fingerprint density at radius 1 is 1.22 bits per heavy atom. The summed E-state index contributed by atoms with van der Waals surface area (Å²) in [5, 5.41) is 3.84. The Bertz CT molecular complexity index is 408. The van der Waals surface area contributed by atoms with E-state index < -0.39 is 0 Å². The summed E-state index contributed by atoms with van der Waals surface area (Å²) in [6.45, 7) is 11.7. The minimum absolute atomic E-state index is 0.451. The van der Waals surface area contributed by atoms with Gasteiger partial charge in [-0.1, -0.05) is 45.0 Å². The van der Waals surface area contributed by atoms with Crippen molar-refractivity contribution in [3.63, 3.8) is 0 Å². The van der Waals surface area contributed by atoms with Crippen molar-refractivity contribution in [2.75, 3.05) is 0 Å². The lowest BCUT2D eigenvalue weighted by molar-refractivity contribution is 0.356. The fourth-order valence-corrected chi connectivity index (χ4v) is 3.60. The number of rotatable bonds is 3. The lowest BCUT2D eigenvalue weighted by Gasteiger charge is -2.24. The van der Waals surface area contributed by atoms with E-state index in [0.29, 0.717) is 17.5 Å². The predicted molar refractivity (Wildman–Crippen MR) is 78.7 cm³/mol. The molecular formula is C17H27N. The first-order chi connectivity index (χ1) is 8.39. The van der Waals surface area contributed by atoms with Crippen molar-refractivity contribution in [1.82, 2.24) is 5.32 Å². The second-order valence-electron chi connectivity index (χ2n) is 6.90. The van der Waals surface area contributed by atoms with Crippen LogP contribution in [0, 0.1) is 18.3 Å². The van der Waals surface area contributed by atoms with E-state index >= 15 is 0 Å². The van der Waals surface area contributed by atoms with Crippen molar-refractivity contribution in [2.45, 2.75) is 59.5 Å². The van der Waals surface area contributed by atoms with Crippen LogP contribution in [0.5, 0.6) is 0 Å². The molecule has 0 bridgehead atoms. The van der Waals surface area contributed by atoms with Crippen LogP contribution in [-0.4, -0.2) is 6.04 Å². The van der Waals surface area contributed by atoms with Gasteiger partial charge in [0.1, 0.15) is 0 Å². The topological polar surface area (TPSA) is 12.0 Å². The molecular weight excluding hydrogens is 218 g/mol. The zero-order valence-corrected chi connectivity index (χ0v) is 12.5. The molecule has 1 N–H and O–H groups in total. The molecule has 0 radical (unpaired) electrons. The first kappa shape index (κ1) is 13.6. The van der Waals surface area contributed by atoms with Gasteiger partial charge < -0.3 is 5.32 Å². The van der Waals surface area contributed by atoms with Gasteiger partial charge in [-0.05, 0) is 49.1 Å². The highest BCUT2D eigenvalue weighted by Gasteiger charge is 2.37. The number of nitrogens with one attached hydrogen (secondary N) is 1. The van der Waals surface area contributed by atoms with Crippen LogP contribution in [0.1, 0.15) is 57.7 Å². The van der Waals surface area contributed by atoms with Crippen LogP contribution in [-0.2, 0) is 0 Å². The highest BCUT2D eigenvalue weighted by atomic mass is 15.0. The Morgan fingerprint density at radius 2 is 1.89 bits per heavy atom. The van der Waals surface area contributed by atoms with Crippen molar-refractivity contribution in [3.05, 3.63) is 35.4 Å². The quantitative estimate of drug-likeness (QED) is 0.828. The lowest BCUT2D eigenvalue weighted by atomic mass is 9.91. The normalized spacial score (nSPS) is 28.3. The number of benzene rings is 1. The summed E-state index contributed by atoms with van der Waals surface area (Å²) in [4.78, 5) is 0. The van der Waals surface area contributed by atoms with E-state index in [4.69, 9.17) is 0 Å². The summed E-state index contributed by atoms with van der Waals surface area (Å²) in [7, 11) is 0. The van der Waals surface area contributed by atoms with E-state index in [1.165, 1.54) is 24.0 Å². The van der Waals surface area contributed by atoms with Gasteiger partial charge in [0.05, 0.1) is 0 Å². The smallest absolute Gasteiger partial charge is 0.0297 e. The van der Waals surface area contributed by atoms with E-state index in [9.17, 15) is 0 Å². The maximum absolute atomic E-state index is 3.84. The fourth-order valence-electron chi connectivity index (χ4n) is 3.60. The van der Waals surface area contributed by atoms with Gasteiger partial charge in [0.15, 0.2) is 0 Å². The maximum Gasteiger partial charge on any atom is 0.0297 e. The van der Waals surface area contributed by atoms with E-state index in [2.05, 4.69) is 64.2 Å². The summed E-state index contributed by atoms with van der Waals surface area (Å²) >= 11 is 0. The molecule has 1 aromatic rings. The molecule has 0 saturated heterocycles. The minimum Gasteiger partial charge on any atom is -0.307 e. The third kappa shape index (κ3) is 2.95. The molecule has 1 aliphatic carbocycles. The van der Waals surface area contributed by atoms with Crippen molar-refractivity contribution in [1.29, 1.82) is 0 Å². The maximum atomic E-state index is 3.84. The molecule has 1 nitrogen and oxygen atoms in total. The largest absolute Gasteiger partial charge is 0.307 e. The molecule has 0 amide bonds. The molecule has 2 rings (SSSR count). The highest BCUT2D eigenvalue weighted by molar-refractivity contribution is 5.28. The van der Waals surface area contributed by atoms with Crippen LogP contribution in [0.2, 0.25) is 0 Å². The average Bonchev–Trinajstić information content (AvgIpc) is 2.52. The van der Waals surface area contributed by atoms with Crippen molar-refractivity contribution in [3.8, 4) is 0 Å². The predicted octanol–water partition coefficient (Wildman–Crippen LogP) is 4.47. The molecule has 1 saturated carbocycles. The van der Waals surface area contributed by atoms with Gasteiger partial charge >= 0.3 is 0 Å². The number of hydrogen-bond acceptors (Lipinski definition) is 1. The van der Waals surface area contributed by atoms with E-state index in [0.717, 1.165) is 5.92 Å². The zero-order valence-electron chi connectivity index (χ0n) is 12.5. The van der Waals surface area contributed by atoms with Gasteiger partial charge in [-0.15, -0.1) is 0 Å². The molecule has 1 fully saturated rings.